The molecule has 0 saturated carbocycles. The molecule has 0 aliphatic carbocycles. The van der Waals surface area contributed by atoms with Crippen molar-refractivity contribution in [2.75, 3.05) is 19.8 Å². The van der Waals surface area contributed by atoms with E-state index < -0.39 is 15.1 Å². The van der Waals surface area contributed by atoms with Crippen LogP contribution in [0.4, 0.5) is 0 Å². The van der Waals surface area contributed by atoms with E-state index in [-0.39, 0.29) is 29.7 Å². The van der Waals surface area contributed by atoms with Crippen LogP contribution in [0.5, 0.6) is 0 Å². The fraction of sp³-hybridized carbons (Fsp3) is 0.500. The predicted octanol–water partition coefficient (Wildman–Crippen LogP) is 1.44. The molecule has 0 unspecified atom stereocenters. The molecule has 0 spiro atoms. The van der Waals surface area contributed by atoms with Crippen molar-refractivity contribution in [2.24, 2.45) is 0 Å². The normalized spacial score (nSPS) is 16.6. The molecule has 1 aliphatic rings. The molecular weight excluding hydrogens is 276 g/mol. The summed E-state index contributed by atoms with van der Waals surface area (Å²) >= 11 is 6.04. The monoisotopic (exact) mass is 290 g/mol. The van der Waals surface area contributed by atoms with Crippen LogP contribution in [0.3, 0.4) is 0 Å². The lowest BCUT2D eigenvalue weighted by Crippen LogP contribution is -2.40. The van der Waals surface area contributed by atoms with Crippen molar-refractivity contribution < 1.29 is 18.3 Å². The minimum absolute atomic E-state index is 0.108. The van der Waals surface area contributed by atoms with Gasteiger partial charge in [0.2, 0.25) is 0 Å². The van der Waals surface area contributed by atoms with Gasteiger partial charge in [-0.2, -0.15) is 0 Å². The van der Waals surface area contributed by atoms with Gasteiger partial charge >= 0.3 is 0 Å². The van der Waals surface area contributed by atoms with Gasteiger partial charge in [-0.25, -0.2) is 8.42 Å². The van der Waals surface area contributed by atoms with Gasteiger partial charge in [0.25, 0.3) is 0 Å². The number of benzene rings is 1. The van der Waals surface area contributed by atoms with E-state index in [0.717, 1.165) is 5.56 Å². The number of sulfone groups is 1. The minimum Gasteiger partial charge on any atom is -0.396 e. The van der Waals surface area contributed by atoms with Crippen LogP contribution in [0.15, 0.2) is 23.1 Å². The van der Waals surface area contributed by atoms with E-state index >= 15 is 0 Å². The molecule has 1 aliphatic heterocycles. The third kappa shape index (κ3) is 2.69. The van der Waals surface area contributed by atoms with Gasteiger partial charge in [-0.3, -0.25) is 0 Å². The average Bonchev–Trinajstić information content (AvgIpc) is 2.22. The van der Waals surface area contributed by atoms with Crippen molar-refractivity contribution in [3.63, 3.8) is 0 Å². The van der Waals surface area contributed by atoms with Crippen LogP contribution in [-0.2, 0) is 21.0 Å². The Morgan fingerprint density at radius 3 is 2.61 bits per heavy atom. The molecule has 1 fully saturated rings. The first-order valence-corrected chi connectivity index (χ1v) is 7.69. The molecule has 0 bridgehead atoms. The lowest BCUT2D eigenvalue weighted by atomic mass is 10.1. The zero-order valence-electron chi connectivity index (χ0n) is 9.80. The maximum Gasteiger partial charge on any atom is 0.187 e. The first-order valence-electron chi connectivity index (χ1n) is 5.76. The maximum absolute atomic E-state index is 12.2. The van der Waals surface area contributed by atoms with Crippen molar-refractivity contribution in [3.05, 3.63) is 28.8 Å². The van der Waals surface area contributed by atoms with Crippen LogP contribution in [0.1, 0.15) is 12.0 Å². The second-order valence-electron chi connectivity index (χ2n) is 4.30. The molecule has 1 aromatic carbocycles. The lowest BCUT2D eigenvalue weighted by molar-refractivity contribution is 0.0416. The quantitative estimate of drug-likeness (QED) is 0.891. The van der Waals surface area contributed by atoms with E-state index in [1.165, 1.54) is 0 Å². The zero-order valence-corrected chi connectivity index (χ0v) is 11.4. The molecule has 18 heavy (non-hydrogen) atoms. The van der Waals surface area contributed by atoms with Crippen LogP contribution in [0, 0.1) is 0 Å². The summed E-state index contributed by atoms with van der Waals surface area (Å²) in [4.78, 5) is 0.171. The Morgan fingerprint density at radius 1 is 1.39 bits per heavy atom. The molecule has 1 heterocycles. The first-order chi connectivity index (χ1) is 8.55. The van der Waals surface area contributed by atoms with Gasteiger partial charge in [0.1, 0.15) is 5.25 Å². The molecule has 0 amide bonds. The molecule has 0 atom stereocenters. The Kier molecular flexibility index (Phi) is 4.27. The molecule has 1 saturated heterocycles. The molecule has 1 aromatic rings. The second kappa shape index (κ2) is 5.57. The Bertz CT molecular complexity index is 523. The second-order valence-corrected chi connectivity index (χ2v) is 6.90. The van der Waals surface area contributed by atoms with Gasteiger partial charge in [0.15, 0.2) is 9.84 Å². The summed E-state index contributed by atoms with van der Waals surface area (Å²) in [6.07, 6.45) is 1.32. The van der Waals surface area contributed by atoms with Crippen LogP contribution >= 0.6 is 11.6 Å². The molecule has 100 valence electrons. The minimum atomic E-state index is -3.38. The van der Waals surface area contributed by atoms with Gasteiger partial charge in [0.05, 0.1) is 23.1 Å². The standard InChI is InChI=1S/C12H15ClO4S/c13-11-6-9(2-1-5-14)3-4-12(11)18(15,16)10-7-17-8-10/h3-4,6,10,14H,1-2,5,7-8H2. The van der Waals surface area contributed by atoms with Gasteiger partial charge in [-0.1, -0.05) is 17.7 Å². The number of aliphatic hydroxyl groups is 1. The van der Waals surface area contributed by atoms with E-state index in [0.29, 0.717) is 12.8 Å². The zero-order chi connectivity index (χ0) is 13.2. The number of aliphatic hydroxyl groups excluding tert-OH is 1. The summed E-state index contributed by atoms with van der Waals surface area (Å²) in [5, 5.41) is 8.52. The summed E-state index contributed by atoms with van der Waals surface area (Å²) in [6, 6.07) is 4.94. The maximum atomic E-state index is 12.2. The number of halogens is 1. The van der Waals surface area contributed by atoms with E-state index in [4.69, 9.17) is 21.4 Å². The smallest absolute Gasteiger partial charge is 0.187 e. The van der Waals surface area contributed by atoms with Crippen molar-refractivity contribution >= 4 is 21.4 Å². The number of hydrogen-bond acceptors (Lipinski definition) is 4. The summed E-state index contributed by atoms with van der Waals surface area (Å²) < 4.78 is 29.2. The van der Waals surface area contributed by atoms with Crippen molar-refractivity contribution in [1.29, 1.82) is 0 Å². The average molecular weight is 291 g/mol. The number of aryl methyl sites for hydroxylation is 1. The fourth-order valence-corrected chi connectivity index (χ4v) is 3.81. The molecule has 4 nitrogen and oxygen atoms in total. The highest BCUT2D eigenvalue weighted by Crippen LogP contribution is 2.28. The van der Waals surface area contributed by atoms with Crippen molar-refractivity contribution in [3.8, 4) is 0 Å². The highest BCUT2D eigenvalue weighted by molar-refractivity contribution is 7.92. The highest BCUT2D eigenvalue weighted by atomic mass is 35.5. The van der Waals surface area contributed by atoms with Crippen LogP contribution in [-0.4, -0.2) is 38.6 Å². The first kappa shape index (κ1) is 13.8. The summed E-state index contributed by atoms with van der Waals surface area (Å²) in [5.41, 5.74) is 0.929. The summed E-state index contributed by atoms with van der Waals surface area (Å²) in [5.74, 6) is 0. The summed E-state index contributed by atoms with van der Waals surface area (Å²) in [7, 11) is -3.38. The number of hydrogen-bond donors (Lipinski definition) is 1. The molecule has 1 N–H and O–H groups in total. The number of ether oxygens (including phenoxy) is 1. The summed E-state index contributed by atoms with van der Waals surface area (Å²) in [6.45, 7) is 0.590. The Labute approximate surface area is 111 Å². The van der Waals surface area contributed by atoms with Crippen molar-refractivity contribution in [1.82, 2.24) is 0 Å². The van der Waals surface area contributed by atoms with Crippen molar-refractivity contribution in [2.45, 2.75) is 23.0 Å². The van der Waals surface area contributed by atoms with E-state index in [1.807, 2.05) is 0 Å². The van der Waals surface area contributed by atoms with E-state index in [1.54, 1.807) is 18.2 Å². The lowest BCUT2D eigenvalue weighted by Gasteiger charge is -2.26. The Balaban J connectivity index is 2.24. The fourth-order valence-electron chi connectivity index (χ4n) is 1.79. The largest absolute Gasteiger partial charge is 0.396 e. The van der Waals surface area contributed by atoms with Gasteiger partial charge in [0, 0.05) is 6.61 Å². The highest BCUT2D eigenvalue weighted by Gasteiger charge is 2.35. The third-order valence-corrected chi connectivity index (χ3v) is 5.52. The Morgan fingerprint density at radius 2 is 2.11 bits per heavy atom. The Hall–Kier alpha value is -0.620. The van der Waals surface area contributed by atoms with Gasteiger partial charge < -0.3 is 9.84 Å². The van der Waals surface area contributed by atoms with Crippen LogP contribution < -0.4 is 0 Å². The predicted molar refractivity (Wildman–Crippen MR) is 68.7 cm³/mol. The molecule has 6 heteroatoms. The molecule has 0 aromatic heterocycles. The van der Waals surface area contributed by atoms with Crippen LogP contribution in [0.2, 0.25) is 5.02 Å². The van der Waals surface area contributed by atoms with Gasteiger partial charge in [-0.15, -0.1) is 0 Å². The molecule has 0 radical (unpaired) electrons. The third-order valence-electron chi connectivity index (χ3n) is 2.97. The molecular formula is C12H15ClO4S. The van der Waals surface area contributed by atoms with E-state index in [2.05, 4.69) is 0 Å². The van der Waals surface area contributed by atoms with Gasteiger partial charge in [-0.05, 0) is 30.5 Å². The topological polar surface area (TPSA) is 63.6 Å². The van der Waals surface area contributed by atoms with E-state index in [9.17, 15) is 8.42 Å². The molecule has 2 rings (SSSR count). The van der Waals surface area contributed by atoms with Crippen LogP contribution in [0.25, 0.3) is 0 Å². The number of rotatable bonds is 5. The SMILES string of the molecule is O=S(=O)(c1ccc(CCCO)cc1Cl)C1COC1.